The van der Waals surface area contributed by atoms with E-state index in [1.807, 2.05) is 38.1 Å². The van der Waals surface area contributed by atoms with Gasteiger partial charge in [-0.2, -0.15) is 0 Å². The molecule has 2 unspecified atom stereocenters. The normalized spacial score (nSPS) is 15.8. The molecule has 1 aromatic rings. The van der Waals surface area contributed by atoms with Gasteiger partial charge in [0.1, 0.15) is 5.75 Å². The highest BCUT2D eigenvalue weighted by Gasteiger charge is 2.20. The van der Waals surface area contributed by atoms with Crippen molar-refractivity contribution in [2.45, 2.75) is 32.9 Å². The lowest BCUT2D eigenvalue weighted by Crippen LogP contribution is -2.37. The largest absolute Gasteiger partial charge is 0.497 e. The Morgan fingerprint density at radius 2 is 1.78 bits per heavy atom. The van der Waals surface area contributed by atoms with E-state index in [1.54, 1.807) is 14.0 Å². The van der Waals surface area contributed by atoms with Crippen LogP contribution in [0.5, 0.6) is 5.75 Å². The third-order valence-electron chi connectivity index (χ3n) is 3.27. The van der Waals surface area contributed by atoms with E-state index in [0.717, 1.165) is 11.3 Å². The van der Waals surface area contributed by atoms with E-state index in [2.05, 4.69) is 5.32 Å². The molecule has 0 saturated carbocycles. The van der Waals surface area contributed by atoms with Crippen LogP contribution in [-0.2, 0) is 4.79 Å². The number of methoxy groups -OCH3 is 1. The molecule has 0 heterocycles. The molecule has 0 aromatic heterocycles. The molecule has 18 heavy (non-hydrogen) atoms. The van der Waals surface area contributed by atoms with Crippen LogP contribution in [0.3, 0.4) is 0 Å². The third kappa shape index (κ3) is 3.74. The Balaban J connectivity index is 2.63. The summed E-state index contributed by atoms with van der Waals surface area (Å²) < 4.78 is 5.10. The molecule has 1 rings (SSSR count). The Bertz CT molecular complexity index is 389. The van der Waals surface area contributed by atoms with E-state index < -0.39 is 11.9 Å². The number of ether oxygens (including phenoxy) is 1. The Labute approximate surface area is 108 Å². The van der Waals surface area contributed by atoms with Crippen LogP contribution in [0, 0.1) is 5.92 Å². The maximum atomic E-state index is 10.9. The number of nitrogens with one attached hydrogen (secondary N) is 1. The van der Waals surface area contributed by atoms with Gasteiger partial charge in [-0.3, -0.25) is 4.79 Å². The lowest BCUT2D eigenvalue weighted by atomic mass is 10.0. The molecule has 0 radical (unpaired) electrons. The van der Waals surface area contributed by atoms with Crippen LogP contribution in [0.1, 0.15) is 32.4 Å². The van der Waals surface area contributed by atoms with Gasteiger partial charge in [-0.05, 0) is 31.5 Å². The molecule has 3 atom stereocenters. The smallest absolute Gasteiger partial charge is 0.307 e. The summed E-state index contributed by atoms with van der Waals surface area (Å²) in [4.78, 5) is 10.9. The second-order valence-electron chi connectivity index (χ2n) is 4.58. The van der Waals surface area contributed by atoms with E-state index in [4.69, 9.17) is 9.84 Å². The van der Waals surface area contributed by atoms with Crippen LogP contribution in [0.2, 0.25) is 0 Å². The summed E-state index contributed by atoms with van der Waals surface area (Å²) >= 11 is 0. The molecule has 4 heteroatoms. The fraction of sp³-hybridized carbons (Fsp3) is 0.500. The van der Waals surface area contributed by atoms with Gasteiger partial charge in [0.2, 0.25) is 0 Å². The number of hydrogen-bond donors (Lipinski definition) is 2. The van der Waals surface area contributed by atoms with Crippen LogP contribution in [0.15, 0.2) is 24.3 Å². The number of rotatable bonds is 6. The molecule has 0 bridgehead atoms. The summed E-state index contributed by atoms with van der Waals surface area (Å²) in [5.41, 5.74) is 1.11. The summed E-state index contributed by atoms with van der Waals surface area (Å²) in [5, 5.41) is 12.2. The SMILES string of the molecule is COc1ccc([C@H](C)NC(C)C(C)C(=O)O)cc1. The minimum absolute atomic E-state index is 0.0837. The van der Waals surface area contributed by atoms with Crippen molar-refractivity contribution in [2.24, 2.45) is 5.92 Å². The molecule has 1 aromatic carbocycles. The molecular formula is C14H21NO3. The predicted molar refractivity (Wildman–Crippen MR) is 70.8 cm³/mol. The molecule has 0 aliphatic heterocycles. The topological polar surface area (TPSA) is 58.6 Å². The molecule has 0 aliphatic carbocycles. The molecule has 0 aliphatic rings. The quantitative estimate of drug-likeness (QED) is 0.815. The van der Waals surface area contributed by atoms with E-state index in [0.29, 0.717) is 0 Å². The molecular weight excluding hydrogens is 230 g/mol. The second kappa shape index (κ2) is 6.40. The molecule has 0 amide bonds. The van der Waals surface area contributed by atoms with E-state index in [9.17, 15) is 4.79 Å². The fourth-order valence-electron chi connectivity index (χ4n) is 1.74. The first kappa shape index (κ1) is 14.5. The molecule has 4 nitrogen and oxygen atoms in total. The summed E-state index contributed by atoms with van der Waals surface area (Å²) in [7, 11) is 1.63. The summed E-state index contributed by atoms with van der Waals surface area (Å²) in [5.74, 6) is -0.375. The van der Waals surface area contributed by atoms with Crippen molar-refractivity contribution in [3.05, 3.63) is 29.8 Å². The van der Waals surface area contributed by atoms with Crippen molar-refractivity contribution in [2.75, 3.05) is 7.11 Å². The lowest BCUT2D eigenvalue weighted by Gasteiger charge is -2.23. The average Bonchev–Trinajstić information content (AvgIpc) is 2.37. The van der Waals surface area contributed by atoms with Crippen molar-refractivity contribution in [3.8, 4) is 5.75 Å². The van der Waals surface area contributed by atoms with Crippen LogP contribution in [0.25, 0.3) is 0 Å². The Morgan fingerprint density at radius 3 is 2.22 bits per heavy atom. The highest BCUT2D eigenvalue weighted by Crippen LogP contribution is 2.18. The lowest BCUT2D eigenvalue weighted by molar-refractivity contribution is -0.142. The van der Waals surface area contributed by atoms with Crippen LogP contribution >= 0.6 is 0 Å². The molecule has 100 valence electrons. The van der Waals surface area contributed by atoms with Crippen molar-refractivity contribution < 1.29 is 14.6 Å². The van der Waals surface area contributed by atoms with Crippen LogP contribution in [0.4, 0.5) is 0 Å². The maximum absolute atomic E-state index is 10.9. The number of carboxylic acids is 1. The third-order valence-corrected chi connectivity index (χ3v) is 3.27. The number of benzene rings is 1. The second-order valence-corrected chi connectivity index (χ2v) is 4.58. The van der Waals surface area contributed by atoms with Crippen molar-refractivity contribution in [1.29, 1.82) is 0 Å². The minimum atomic E-state index is -0.781. The monoisotopic (exact) mass is 251 g/mol. The van der Waals surface area contributed by atoms with Crippen molar-refractivity contribution in [3.63, 3.8) is 0 Å². The molecule has 0 spiro atoms. The summed E-state index contributed by atoms with van der Waals surface area (Å²) in [6, 6.07) is 7.79. The summed E-state index contributed by atoms with van der Waals surface area (Å²) in [6.45, 7) is 5.62. The van der Waals surface area contributed by atoms with Gasteiger partial charge in [-0.15, -0.1) is 0 Å². The first-order chi connectivity index (χ1) is 8.45. The van der Waals surface area contributed by atoms with E-state index in [-0.39, 0.29) is 12.1 Å². The van der Waals surface area contributed by atoms with Gasteiger partial charge >= 0.3 is 5.97 Å². The number of hydrogen-bond acceptors (Lipinski definition) is 3. The number of carboxylic acid groups (broad SMARTS) is 1. The average molecular weight is 251 g/mol. The molecule has 0 fully saturated rings. The van der Waals surface area contributed by atoms with E-state index >= 15 is 0 Å². The number of carbonyl (C=O) groups is 1. The Morgan fingerprint density at radius 1 is 1.22 bits per heavy atom. The minimum Gasteiger partial charge on any atom is -0.497 e. The van der Waals surface area contributed by atoms with Gasteiger partial charge in [0, 0.05) is 12.1 Å². The summed E-state index contributed by atoms with van der Waals surface area (Å²) in [6.07, 6.45) is 0. The molecule has 0 saturated heterocycles. The maximum Gasteiger partial charge on any atom is 0.307 e. The first-order valence-corrected chi connectivity index (χ1v) is 6.08. The highest BCUT2D eigenvalue weighted by molar-refractivity contribution is 5.70. The van der Waals surface area contributed by atoms with Crippen LogP contribution in [-0.4, -0.2) is 24.2 Å². The van der Waals surface area contributed by atoms with Gasteiger partial charge in [-0.1, -0.05) is 19.1 Å². The standard InChI is InChI=1S/C14H21NO3/c1-9(14(16)17)10(2)15-11(3)12-5-7-13(18-4)8-6-12/h5-11,15H,1-4H3,(H,16,17)/t9?,10?,11-/m0/s1. The zero-order valence-corrected chi connectivity index (χ0v) is 11.3. The van der Waals surface area contributed by atoms with Crippen LogP contribution < -0.4 is 10.1 Å². The van der Waals surface area contributed by atoms with E-state index in [1.165, 1.54) is 0 Å². The fourth-order valence-corrected chi connectivity index (χ4v) is 1.74. The van der Waals surface area contributed by atoms with Gasteiger partial charge in [-0.25, -0.2) is 0 Å². The predicted octanol–water partition coefficient (Wildman–Crippen LogP) is 2.46. The molecule has 2 N–H and O–H groups in total. The zero-order valence-electron chi connectivity index (χ0n) is 11.3. The van der Waals surface area contributed by atoms with Gasteiger partial charge < -0.3 is 15.2 Å². The Kier molecular flexibility index (Phi) is 5.16. The van der Waals surface area contributed by atoms with Gasteiger partial charge in [0.25, 0.3) is 0 Å². The van der Waals surface area contributed by atoms with Gasteiger partial charge in [0.15, 0.2) is 0 Å². The first-order valence-electron chi connectivity index (χ1n) is 6.08. The van der Waals surface area contributed by atoms with Crippen molar-refractivity contribution >= 4 is 5.97 Å². The zero-order chi connectivity index (χ0) is 13.7. The number of aliphatic carboxylic acids is 1. The highest BCUT2D eigenvalue weighted by atomic mass is 16.5. The van der Waals surface area contributed by atoms with Gasteiger partial charge in [0.05, 0.1) is 13.0 Å². The Hall–Kier alpha value is -1.55. The van der Waals surface area contributed by atoms with Crippen molar-refractivity contribution in [1.82, 2.24) is 5.32 Å².